The zero-order valence-corrected chi connectivity index (χ0v) is 11.2. The monoisotopic (exact) mass is 273 g/mol. The van der Waals surface area contributed by atoms with Gasteiger partial charge in [0.1, 0.15) is 5.75 Å². The number of carbonyl (C=O) groups is 1. The van der Waals surface area contributed by atoms with Crippen molar-refractivity contribution in [2.24, 2.45) is 0 Å². The van der Waals surface area contributed by atoms with E-state index in [0.29, 0.717) is 12.3 Å². The van der Waals surface area contributed by atoms with Crippen LogP contribution in [0.1, 0.15) is 5.56 Å². The van der Waals surface area contributed by atoms with E-state index in [4.69, 9.17) is 5.11 Å². The zero-order chi connectivity index (χ0) is 13.5. The summed E-state index contributed by atoms with van der Waals surface area (Å²) in [5.74, 6) is 0.638. The van der Waals surface area contributed by atoms with E-state index in [-0.39, 0.29) is 11.7 Å². The fourth-order valence-electron chi connectivity index (χ4n) is 1.53. The largest absolute Gasteiger partial charge is 0.508 e. The van der Waals surface area contributed by atoms with Crippen molar-refractivity contribution in [1.29, 1.82) is 0 Å². The van der Waals surface area contributed by atoms with Crippen LogP contribution in [0, 0.1) is 0 Å². The molecule has 0 unspecified atom stereocenters. The maximum absolute atomic E-state index is 11.7. The van der Waals surface area contributed by atoms with Gasteiger partial charge < -0.3 is 10.4 Å². The fourth-order valence-corrected chi connectivity index (χ4v) is 2.28. The Bertz CT molecular complexity index is 526. The van der Waals surface area contributed by atoms with E-state index in [1.807, 2.05) is 30.3 Å². The number of hydrogen-bond donors (Lipinski definition) is 2. The summed E-state index contributed by atoms with van der Waals surface area (Å²) in [5.41, 5.74) is 0.968. The van der Waals surface area contributed by atoms with E-state index in [9.17, 15) is 4.79 Å². The van der Waals surface area contributed by atoms with Crippen LogP contribution in [0.25, 0.3) is 0 Å². The number of hydrogen-bond acceptors (Lipinski definition) is 3. The van der Waals surface area contributed by atoms with Crippen molar-refractivity contribution >= 4 is 17.7 Å². The quantitative estimate of drug-likeness (QED) is 0.824. The van der Waals surface area contributed by atoms with E-state index in [1.165, 1.54) is 11.8 Å². The third kappa shape index (κ3) is 4.67. The van der Waals surface area contributed by atoms with E-state index in [2.05, 4.69) is 5.32 Å². The van der Waals surface area contributed by atoms with Gasteiger partial charge in [0.2, 0.25) is 5.91 Å². The molecule has 0 radical (unpaired) electrons. The predicted molar refractivity (Wildman–Crippen MR) is 77.1 cm³/mol. The summed E-state index contributed by atoms with van der Waals surface area (Å²) >= 11 is 1.51. The highest BCUT2D eigenvalue weighted by atomic mass is 32.2. The van der Waals surface area contributed by atoms with Crippen LogP contribution in [-0.2, 0) is 11.3 Å². The van der Waals surface area contributed by atoms with Crippen LogP contribution in [0.5, 0.6) is 5.75 Å². The van der Waals surface area contributed by atoms with Gasteiger partial charge in [-0.25, -0.2) is 0 Å². The molecule has 98 valence electrons. The van der Waals surface area contributed by atoms with E-state index < -0.39 is 0 Å². The van der Waals surface area contributed by atoms with Crippen LogP contribution in [0.2, 0.25) is 0 Å². The van der Waals surface area contributed by atoms with Crippen LogP contribution >= 0.6 is 11.8 Å². The molecule has 2 aromatic rings. The molecule has 1 amide bonds. The number of rotatable bonds is 5. The Labute approximate surface area is 116 Å². The minimum absolute atomic E-state index is 0.00179. The first-order chi connectivity index (χ1) is 9.24. The van der Waals surface area contributed by atoms with Crippen LogP contribution in [-0.4, -0.2) is 16.8 Å². The Kier molecular flexibility index (Phi) is 4.86. The topological polar surface area (TPSA) is 49.3 Å². The highest BCUT2D eigenvalue weighted by Crippen LogP contribution is 2.16. The molecular weight excluding hydrogens is 258 g/mol. The van der Waals surface area contributed by atoms with Gasteiger partial charge in [-0.1, -0.05) is 30.3 Å². The molecule has 0 saturated heterocycles. The molecule has 0 fully saturated rings. The van der Waals surface area contributed by atoms with Crippen molar-refractivity contribution in [2.45, 2.75) is 11.4 Å². The number of benzene rings is 2. The molecule has 0 bridgehead atoms. The normalized spacial score (nSPS) is 10.1. The molecule has 19 heavy (non-hydrogen) atoms. The maximum Gasteiger partial charge on any atom is 0.230 e. The predicted octanol–water partition coefficient (Wildman–Crippen LogP) is 2.80. The first kappa shape index (κ1) is 13.5. The smallest absolute Gasteiger partial charge is 0.230 e. The van der Waals surface area contributed by atoms with Gasteiger partial charge in [0.05, 0.1) is 5.75 Å². The van der Waals surface area contributed by atoms with Crippen LogP contribution in [0.3, 0.4) is 0 Å². The van der Waals surface area contributed by atoms with Crippen molar-refractivity contribution in [3.8, 4) is 5.75 Å². The van der Waals surface area contributed by atoms with Crippen LogP contribution in [0.4, 0.5) is 0 Å². The van der Waals surface area contributed by atoms with Crippen LogP contribution < -0.4 is 5.32 Å². The standard InChI is InChI=1S/C15H15NO2S/c17-13-8-6-12(7-9-13)10-16-15(18)11-19-14-4-2-1-3-5-14/h1-9,17H,10-11H2,(H,16,18). The maximum atomic E-state index is 11.7. The van der Waals surface area contributed by atoms with Gasteiger partial charge in [-0.3, -0.25) is 4.79 Å². The molecule has 4 heteroatoms. The number of amides is 1. The van der Waals surface area contributed by atoms with Gasteiger partial charge in [-0.05, 0) is 29.8 Å². The molecule has 0 aliphatic heterocycles. The highest BCUT2D eigenvalue weighted by Gasteiger charge is 2.02. The lowest BCUT2D eigenvalue weighted by atomic mass is 10.2. The molecule has 2 aromatic carbocycles. The van der Waals surface area contributed by atoms with Gasteiger partial charge in [0, 0.05) is 11.4 Å². The molecule has 0 saturated carbocycles. The molecule has 0 aliphatic rings. The van der Waals surface area contributed by atoms with Crippen molar-refractivity contribution < 1.29 is 9.90 Å². The second kappa shape index (κ2) is 6.85. The fraction of sp³-hybridized carbons (Fsp3) is 0.133. The van der Waals surface area contributed by atoms with E-state index >= 15 is 0 Å². The number of carbonyl (C=O) groups excluding carboxylic acids is 1. The molecular formula is C15H15NO2S. The molecule has 2 N–H and O–H groups in total. The van der Waals surface area contributed by atoms with Crippen molar-refractivity contribution in [2.75, 3.05) is 5.75 Å². The summed E-state index contributed by atoms with van der Waals surface area (Å²) in [6.45, 7) is 0.481. The molecule has 0 heterocycles. The van der Waals surface area contributed by atoms with Gasteiger partial charge in [0.25, 0.3) is 0 Å². The van der Waals surface area contributed by atoms with Crippen LogP contribution in [0.15, 0.2) is 59.5 Å². The summed E-state index contributed by atoms with van der Waals surface area (Å²) in [5, 5.41) is 12.0. The molecule has 3 nitrogen and oxygen atoms in total. The van der Waals surface area contributed by atoms with Gasteiger partial charge >= 0.3 is 0 Å². The van der Waals surface area contributed by atoms with Crippen molar-refractivity contribution in [3.63, 3.8) is 0 Å². The van der Waals surface area contributed by atoms with Gasteiger partial charge in [0.15, 0.2) is 0 Å². The average Bonchev–Trinajstić information content (AvgIpc) is 2.45. The van der Waals surface area contributed by atoms with Crippen molar-refractivity contribution in [3.05, 3.63) is 60.2 Å². The first-order valence-electron chi connectivity index (χ1n) is 5.96. The average molecular weight is 273 g/mol. The number of aromatic hydroxyl groups is 1. The summed E-state index contributed by atoms with van der Waals surface area (Å²) < 4.78 is 0. The highest BCUT2D eigenvalue weighted by molar-refractivity contribution is 8.00. The number of thioether (sulfide) groups is 1. The zero-order valence-electron chi connectivity index (χ0n) is 10.4. The molecule has 0 atom stereocenters. The number of phenolic OH excluding ortho intramolecular Hbond substituents is 1. The summed E-state index contributed by atoms with van der Waals surface area (Å²) in [4.78, 5) is 12.8. The Hall–Kier alpha value is -1.94. The van der Waals surface area contributed by atoms with Gasteiger partial charge in [-0.2, -0.15) is 0 Å². The minimum atomic E-state index is 0.00179. The third-order valence-corrected chi connectivity index (χ3v) is 3.55. The summed E-state index contributed by atoms with van der Waals surface area (Å²) in [7, 11) is 0. The third-order valence-electron chi connectivity index (χ3n) is 2.54. The molecule has 0 spiro atoms. The lowest BCUT2D eigenvalue weighted by Gasteiger charge is -2.05. The lowest BCUT2D eigenvalue weighted by molar-refractivity contribution is -0.118. The Morgan fingerprint density at radius 1 is 1.05 bits per heavy atom. The molecule has 2 rings (SSSR count). The Morgan fingerprint density at radius 3 is 2.42 bits per heavy atom. The second-order valence-corrected chi connectivity index (χ2v) is 5.09. The van der Waals surface area contributed by atoms with Gasteiger partial charge in [-0.15, -0.1) is 11.8 Å². The van der Waals surface area contributed by atoms with E-state index in [1.54, 1.807) is 24.3 Å². The molecule has 0 aromatic heterocycles. The number of phenols is 1. The summed E-state index contributed by atoms with van der Waals surface area (Å²) in [6.07, 6.45) is 0. The lowest BCUT2D eigenvalue weighted by Crippen LogP contribution is -2.24. The Morgan fingerprint density at radius 2 is 1.74 bits per heavy atom. The first-order valence-corrected chi connectivity index (χ1v) is 6.95. The Balaban J connectivity index is 1.74. The molecule has 0 aliphatic carbocycles. The van der Waals surface area contributed by atoms with E-state index in [0.717, 1.165) is 10.5 Å². The van der Waals surface area contributed by atoms with Crippen molar-refractivity contribution in [1.82, 2.24) is 5.32 Å². The summed E-state index contributed by atoms with van der Waals surface area (Å²) in [6, 6.07) is 16.6. The minimum Gasteiger partial charge on any atom is -0.508 e. The number of nitrogens with one attached hydrogen (secondary N) is 1. The second-order valence-electron chi connectivity index (χ2n) is 4.04. The SMILES string of the molecule is O=C(CSc1ccccc1)NCc1ccc(O)cc1.